The second-order valence-electron chi connectivity index (χ2n) is 6.31. The van der Waals surface area contributed by atoms with Gasteiger partial charge in [0, 0.05) is 37.9 Å². The van der Waals surface area contributed by atoms with Crippen LogP contribution in [0, 0.1) is 5.82 Å². The van der Waals surface area contributed by atoms with Crippen molar-refractivity contribution < 1.29 is 9.18 Å². The number of thioether (sulfide) groups is 1. The highest BCUT2D eigenvalue weighted by Crippen LogP contribution is 2.24. The van der Waals surface area contributed by atoms with Crippen LogP contribution in [-0.4, -0.2) is 61.6 Å². The first-order chi connectivity index (χ1) is 11.1. The third-order valence-corrected chi connectivity index (χ3v) is 5.65. The SMILES string of the molecule is CN1CCN(c2ccc(F)cc2C(=O)NC2CCSCC2)CC1. The van der Waals surface area contributed by atoms with Gasteiger partial charge in [0.1, 0.15) is 5.82 Å². The van der Waals surface area contributed by atoms with Crippen LogP contribution in [0.2, 0.25) is 0 Å². The number of likely N-dealkylation sites (N-methyl/N-ethyl adjacent to an activating group) is 1. The molecule has 1 amide bonds. The van der Waals surface area contributed by atoms with Gasteiger partial charge in [0.25, 0.3) is 5.91 Å². The van der Waals surface area contributed by atoms with Crippen LogP contribution in [0.4, 0.5) is 10.1 Å². The number of nitrogens with zero attached hydrogens (tertiary/aromatic N) is 2. The molecule has 0 aromatic heterocycles. The molecule has 2 saturated heterocycles. The maximum atomic E-state index is 13.7. The lowest BCUT2D eigenvalue weighted by Crippen LogP contribution is -2.45. The summed E-state index contributed by atoms with van der Waals surface area (Å²) in [5, 5.41) is 3.09. The Balaban J connectivity index is 1.76. The fraction of sp³-hybridized carbons (Fsp3) is 0.588. The number of hydrogen-bond acceptors (Lipinski definition) is 4. The van der Waals surface area contributed by atoms with E-state index in [-0.39, 0.29) is 17.8 Å². The predicted octanol–water partition coefficient (Wildman–Crippen LogP) is 2.20. The number of amides is 1. The molecule has 0 radical (unpaired) electrons. The Morgan fingerprint density at radius 2 is 1.91 bits per heavy atom. The normalized spacial score (nSPS) is 20.5. The van der Waals surface area contributed by atoms with E-state index in [1.807, 2.05) is 11.8 Å². The first-order valence-electron chi connectivity index (χ1n) is 8.25. The number of carbonyl (C=O) groups is 1. The van der Waals surface area contributed by atoms with Gasteiger partial charge < -0.3 is 15.1 Å². The summed E-state index contributed by atoms with van der Waals surface area (Å²) < 4.78 is 13.7. The van der Waals surface area contributed by atoms with Crippen molar-refractivity contribution >= 4 is 23.4 Å². The Morgan fingerprint density at radius 1 is 1.22 bits per heavy atom. The fourth-order valence-electron chi connectivity index (χ4n) is 3.12. The summed E-state index contributed by atoms with van der Waals surface area (Å²) in [4.78, 5) is 17.1. The van der Waals surface area contributed by atoms with E-state index in [1.165, 1.54) is 12.1 Å². The molecule has 0 bridgehead atoms. The summed E-state index contributed by atoms with van der Waals surface area (Å²) in [6.07, 6.45) is 1.99. The van der Waals surface area contributed by atoms with Gasteiger partial charge in [-0.1, -0.05) is 0 Å². The highest BCUT2D eigenvalue weighted by molar-refractivity contribution is 7.99. The van der Waals surface area contributed by atoms with Gasteiger partial charge in [-0.25, -0.2) is 4.39 Å². The van der Waals surface area contributed by atoms with Gasteiger partial charge in [-0.05, 0) is 49.6 Å². The smallest absolute Gasteiger partial charge is 0.253 e. The van der Waals surface area contributed by atoms with Crippen molar-refractivity contribution in [3.8, 4) is 0 Å². The Bertz CT molecular complexity index is 555. The van der Waals surface area contributed by atoms with Crippen LogP contribution in [0.1, 0.15) is 23.2 Å². The molecule has 3 rings (SSSR count). The molecule has 126 valence electrons. The molecule has 2 aliphatic heterocycles. The lowest BCUT2D eigenvalue weighted by molar-refractivity contribution is 0.0934. The van der Waals surface area contributed by atoms with E-state index in [4.69, 9.17) is 0 Å². The zero-order chi connectivity index (χ0) is 16.2. The summed E-state index contributed by atoms with van der Waals surface area (Å²) >= 11 is 1.93. The minimum atomic E-state index is -0.354. The van der Waals surface area contributed by atoms with Crippen LogP contribution in [0.15, 0.2) is 18.2 Å². The van der Waals surface area contributed by atoms with Gasteiger partial charge in [0.15, 0.2) is 0 Å². The number of nitrogens with one attached hydrogen (secondary N) is 1. The van der Waals surface area contributed by atoms with Crippen LogP contribution in [0.5, 0.6) is 0 Å². The van der Waals surface area contributed by atoms with Crippen molar-refractivity contribution in [2.24, 2.45) is 0 Å². The van der Waals surface area contributed by atoms with Crippen molar-refractivity contribution in [1.29, 1.82) is 0 Å². The number of carbonyl (C=O) groups excluding carboxylic acids is 1. The van der Waals surface area contributed by atoms with E-state index in [2.05, 4.69) is 22.2 Å². The third kappa shape index (κ3) is 4.18. The molecule has 0 aliphatic carbocycles. The first-order valence-corrected chi connectivity index (χ1v) is 9.40. The van der Waals surface area contributed by atoms with Gasteiger partial charge in [-0.3, -0.25) is 4.79 Å². The van der Waals surface area contributed by atoms with Crippen molar-refractivity contribution in [3.63, 3.8) is 0 Å². The Labute approximate surface area is 141 Å². The Hall–Kier alpha value is -1.27. The molecule has 0 spiro atoms. The van der Waals surface area contributed by atoms with E-state index in [0.717, 1.165) is 56.2 Å². The second kappa shape index (κ2) is 7.53. The van der Waals surface area contributed by atoms with Crippen molar-refractivity contribution in [2.45, 2.75) is 18.9 Å². The molecule has 0 saturated carbocycles. The van der Waals surface area contributed by atoms with Crippen molar-refractivity contribution in [2.75, 3.05) is 49.6 Å². The topological polar surface area (TPSA) is 35.6 Å². The minimum absolute atomic E-state index is 0.143. The van der Waals surface area contributed by atoms with Gasteiger partial charge in [0.05, 0.1) is 5.56 Å². The van der Waals surface area contributed by atoms with Crippen LogP contribution in [0.3, 0.4) is 0 Å². The van der Waals surface area contributed by atoms with Crippen molar-refractivity contribution in [1.82, 2.24) is 10.2 Å². The van der Waals surface area contributed by atoms with Gasteiger partial charge in [-0.15, -0.1) is 0 Å². The molecule has 6 heteroatoms. The number of halogens is 1. The molecular formula is C17H24FN3OS. The standard InChI is InChI=1S/C17H24FN3OS/c1-20-6-8-21(9-7-20)16-3-2-13(18)12-15(16)17(22)19-14-4-10-23-11-5-14/h2-3,12,14H,4-11H2,1H3,(H,19,22). The fourth-order valence-corrected chi connectivity index (χ4v) is 4.22. The molecule has 23 heavy (non-hydrogen) atoms. The molecule has 2 aliphatic rings. The van der Waals surface area contributed by atoms with Gasteiger partial charge >= 0.3 is 0 Å². The summed E-state index contributed by atoms with van der Waals surface area (Å²) in [6, 6.07) is 4.78. The average molecular weight is 337 g/mol. The molecular weight excluding hydrogens is 313 g/mol. The summed E-state index contributed by atoms with van der Waals surface area (Å²) in [5.41, 5.74) is 1.31. The number of rotatable bonds is 3. The predicted molar refractivity (Wildman–Crippen MR) is 93.9 cm³/mol. The molecule has 2 fully saturated rings. The highest BCUT2D eigenvalue weighted by Gasteiger charge is 2.23. The largest absolute Gasteiger partial charge is 0.368 e. The van der Waals surface area contributed by atoms with E-state index in [9.17, 15) is 9.18 Å². The average Bonchev–Trinajstić information content (AvgIpc) is 2.56. The number of benzene rings is 1. The molecule has 1 aromatic rings. The lowest BCUT2D eigenvalue weighted by atomic mass is 10.1. The van der Waals surface area contributed by atoms with Crippen LogP contribution in [-0.2, 0) is 0 Å². The molecule has 4 nitrogen and oxygen atoms in total. The number of piperazine rings is 1. The zero-order valence-electron chi connectivity index (χ0n) is 13.6. The second-order valence-corrected chi connectivity index (χ2v) is 7.54. The number of hydrogen-bond donors (Lipinski definition) is 1. The molecule has 2 heterocycles. The highest BCUT2D eigenvalue weighted by atomic mass is 32.2. The van der Waals surface area contributed by atoms with E-state index < -0.39 is 0 Å². The van der Waals surface area contributed by atoms with E-state index in [1.54, 1.807) is 6.07 Å². The molecule has 0 unspecified atom stereocenters. The minimum Gasteiger partial charge on any atom is -0.368 e. The summed E-state index contributed by atoms with van der Waals surface area (Å²) in [5.74, 6) is 1.67. The zero-order valence-corrected chi connectivity index (χ0v) is 14.4. The lowest BCUT2D eigenvalue weighted by Gasteiger charge is -2.35. The van der Waals surface area contributed by atoms with Crippen LogP contribution < -0.4 is 10.2 Å². The Kier molecular flexibility index (Phi) is 5.43. The first kappa shape index (κ1) is 16.6. The maximum Gasteiger partial charge on any atom is 0.253 e. The summed E-state index contributed by atoms with van der Waals surface area (Å²) in [7, 11) is 2.09. The maximum absolute atomic E-state index is 13.7. The van der Waals surface area contributed by atoms with Crippen LogP contribution in [0.25, 0.3) is 0 Å². The van der Waals surface area contributed by atoms with E-state index in [0.29, 0.717) is 5.56 Å². The molecule has 1 aromatic carbocycles. The number of anilines is 1. The monoisotopic (exact) mass is 337 g/mol. The van der Waals surface area contributed by atoms with Gasteiger partial charge in [0.2, 0.25) is 0 Å². The summed E-state index contributed by atoms with van der Waals surface area (Å²) in [6.45, 7) is 3.64. The van der Waals surface area contributed by atoms with Gasteiger partial charge in [-0.2, -0.15) is 11.8 Å². The third-order valence-electron chi connectivity index (χ3n) is 4.60. The van der Waals surface area contributed by atoms with Crippen LogP contribution >= 0.6 is 11.8 Å². The molecule has 1 N–H and O–H groups in total. The quantitative estimate of drug-likeness (QED) is 0.917. The van der Waals surface area contributed by atoms with Crippen molar-refractivity contribution in [3.05, 3.63) is 29.6 Å². The van der Waals surface area contributed by atoms with E-state index >= 15 is 0 Å². The molecule has 0 atom stereocenters. The Morgan fingerprint density at radius 3 is 2.61 bits per heavy atom.